The summed E-state index contributed by atoms with van der Waals surface area (Å²) in [6.45, 7) is 2.29. The molecule has 2 aliphatic carbocycles. The van der Waals surface area contributed by atoms with Gasteiger partial charge in [0.1, 0.15) is 5.75 Å². The Kier molecular flexibility index (Phi) is 8.47. The van der Waals surface area contributed by atoms with Gasteiger partial charge < -0.3 is 4.74 Å². The highest BCUT2D eigenvalue weighted by atomic mass is 19.3. The highest BCUT2D eigenvalue weighted by molar-refractivity contribution is 5.30. The van der Waals surface area contributed by atoms with Crippen LogP contribution in [-0.2, 0) is 0 Å². The third-order valence-electron chi connectivity index (χ3n) is 7.35. The summed E-state index contributed by atoms with van der Waals surface area (Å²) in [5.74, 6) is 2.92. The Balaban J connectivity index is 1.38. The molecule has 0 aromatic heterocycles. The fourth-order valence-corrected chi connectivity index (χ4v) is 5.48. The number of benzene rings is 1. The summed E-state index contributed by atoms with van der Waals surface area (Å²) in [5, 5.41) is 0. The number of halogens is 4. The van der Waals surface area contributed by atoms with Crippen LogP contribution in [0.1, 0.15) is 95.5 Å². The van der Waals surface area contributed by atoms with Crippen molar-refractivity contribution in [1.29, 1.82) is 0 Å². The van der Waals surface area contributed by atoms with Crippen molar-refractivity contribution in [3.8, 4) is 5.75 Å². The second-order valence-corrected chi connectivity index (χ2v) is 9.50. The lowest BCUT2D eigenvalue weighted by Gasteiger charge is -2.32. The quantitative estimate of drug-likeness (QED) is 0.358. The molecular formula is C25H36F4O. The minimum Gasteiger partial charge on any atom is -0.428 e. The van der Waals surface area contributed by atoms with E-state index in [0.29, 0.717) is 5.92 Å². The largest absolute Gasteiger partial charge is 0.461 e. The van der Waals surface area contributed by atoms with E-state index in [1.165, 1.54) is 76.3 Å². The number of alkyl halides is 4. The van der Waals surface area contributed by atoms with E-state index in [0.717, 1.165) is 36.2 Å². The maximum atomic E-state index is 13.0. The van der Waals surface area contributed by atoms with E-state index in [2.05, 4.69) is 11.7 Å². The Morgan fingerprint density at radius 1 is 0.800 bits per heavy atom. The fraction of sp³-hybridized carbons (Fsp3) is 0.760. The third-order valence-corrected chi connectivity index (χ3v) is 7.35. The van der Waals surface area contributed by atoms with Gasteiger partial charge in [0.15, 0.2) is 0 Å². The van der Waals surface area contributed by atoms with Crippen molar-refractivity contribution in [2.75, 3.05) is 0 Å². The van der Waals surface area contributed by atoms with Crippen LogP contribution >= 0.6 is 0 Å². The lowest BCUT2D eigenvalue weighted by atomic mass is 9.74. The Bertz CT molecular complexity index is 615. The number of hydrogen-bond acceptors (Lipinski definition) is 1. The van der Waals surface area contributed by atoms with E-state index in [1.807, 2.05) is 0 Å². The maximum absolute atomic E-state index is 13.0. The molecule has 30 heavy (non-hydrogen) atoms. The van der Waals surface area contributed by atoms with Crippen LogP contribution in [0.4, 0.5) is 17.6 Å². The number of ether oxygens (including phenoxy) is 1. The van der Waals surface area contributed by atoms with E-state index in [1.54, 1.807) is 12.1 Å². The summed E-state index contributed by atoms with van der Waals surface area (Å²) in [6, 6.07) is 6.26. The Morgan fingerprint density at radius 3 is 1.73 bits per heavy atom. The summed E-state index contributed by atoms with van der Waals surface area (Å²) >= 11 is 0. The highest BCUT2D eigenvalue weighted by Crippen LogP contribution is 2.40. The third kappa shape index (κ3) is 6.62. The first-order valence-electron chi connectivity index (χ1n) is 11.8. The van der Waals surface area contributed by atoms with E-state index in [9.17, 15) is 17.6 Å². The average molecular weight is 429 g/mol. The Morgan fingerprint density at radius 2 is 1.27 bits per heavy atom. The Labute approximate surface area is 178 Å². The minimum absolute atomic E-state index is 0.216. The molecule has 0 N–H and O–H groups in total. The number of hydrogen-bond donors (Lipinski definition) is 0. The van der Waals surface area contributed by atoms with E-state index < -0.39 is 12.5 Å². The van der Waals surface area contributed by atoms with Gasteiger partial charge in [0.05, 0.1) is 0 Å². The van der Waals surface area contributed by atoms with Crippen LogP contribution in [0.5, 0.6) is 5.75 Å². The molecule has 0 heterocycles. The molecule has 170 valence electrons. The summed E-state index contributed by atoms with van der Waals surface area (Å²) in [4.78, 5) is 0. The van der Waals surface area contributed by atoms with Gasteiger partial charge in [-0.25, -0.2) is 0 Å². The molecule has 2 fully saturated rings. The first kappa shape index (κ1) is 23.4. The van der Waals surface area contributed by atoms with Crippen LogP contribution in [0.3, 0.4) is 0 Å². The minimum atomic E-state index is -4.45. The van der Waals surface area contributed by atoms with Crippen molar-refractivity contribution in [1.82, 2.24) is 0 Å². The maximum Gasteiger partial charge on any atom is 0.461 e. The summed E-state index contributed by atoms with van der Waals surface area (Å²) in [7, 11) is 0. The van der Waals surface area contributed by atoms with E-state index in [4.69, 9.17) is 0 Å². The van der Waals surface area contributed by atoms with Crippen LogP contribution in [-0.4, -0.2) is 12.5 Å². The molecule has 5 heteroatoms. The van der Waals surface area contributed by atoms with Gasteiger partial charge in [-0.3, -0.25) is 0 Å². The molecule has 0 bridgehead atoms. The topological polar surface area (TPSA) is 9.23 Å². The number of rotatable bonds is 9. The van der Waals surface area contributed by atoms with E-state index in [-0.39, 0.29) is 5.75 Å². The van der Waals surface area contributed by atoms with Gasteiger partial charge in [0.2, 0.25) is 0 Å². The molecule has 2 saturated carbocycles. The first-order chi connectivity index (χ1) is 14.4. The lowest BCUT2D eigenvalue weighted by molar-refractivity contribution is -0.253. The fourth-order valence-electron chi connectivity index (χ4n) is 5.48. The monoisotopic (exact) mass is 428 g/mol. The van der Waals surface area contributed by atoms with Crippen LogP contribution in [0.25, 0.3) is 0 Å². The molecule has 1 aromatic carbocycles. The molecule has 3 rings (SSSR count). The zero-order chi connectivity index (χ0) is 21.6. The molecule has 0 aliphatic heterocycles. The van der Waals surface area contributed by atoms with Crippen LogP contribution < -0.4 is 4.74 Å². The SMILES string of the molecule is CCC[C@H]1CC[C@H](CC[C@H]2CC[C@H](c3ccc(OC(F)(F)C(F)F)cc3)CC2)CC1. The van der Waals surface area contributed by atoms with Crippen LogP contribution in [0.15, 0.2) is 24.3 Å². The average Bonchev–Trinajstić information content (AvgIpc) is 2.74. The summed E-state index contributed by atoms with van der Waals surface area (Å²) in [6.07, 6.45) is 7.49. The molecule has 2 aliphatic rings. The standard InChI is InChI=1S/C25H36F4O/c1-2-3-18-4-6-19(7-5-18)8-9-20-10-12-21(13-11-20)22-14-16-23(17-15-22)30-25(28,29)24(26)27/h14-21,24H,2-13H2,1H3/t18-,19-,20-,21-. The van der Waals surface area contributed by atoms with Crippen molar-refractivity contribution in [2.45, 2.75) is 102 Å². The van der Waals surface area contributed by atoms with Crippen LogP contribution in [0, 0.1) is 17.8 Å². The van der Waals surface area contributed by atoms with Gasteiger partial charge in [0.25, 0.3) is 0 Å². The normalized spacial score (nSPS) is 27.9. The van der Waals surface area contributed by atoms with Crippen molar-refractivity contribution in [3.63, 3.8) is 0 Å². The van der Waals surface area contributed by atoms with Gasteiger partial charge >= 0.3 is 12.5 Å². The predicted octanol–water partition coefficient (Wildman–Crippen LogP) is 8.58. The van der Waals surface area contributed by atoms with Crippen molar-refractivity contribution < 1.29 is 22.3 Å². The molecule has 0 amide bonds. The molecule has 0 radical (unpaired) electrons. The highest BCUT2D eigenvalue weighted by Gasteiger charge is 2.44. The van der Waals surface area contributed by atoms with Gasteiger partial charge in [-0.05, 0) is 67.1 Å². The Hall–Kier alpha value is -1.26. The van der Waals surface area contributed by atoms with Crippen molar-refractivity contribution in [2.24, 2.45) is 17.8 Å². The zero-order valence-corrected chi connectivity index (χ0v) is 18.1. The molecular weight excluding hydrogens is 392 g/mol. The molecule has 0 atom stereocenters. The predicted molar refractivity (Wildman–Crippen MR) is 112 cm³/mol. The molecule has 0 unspecified atom stereocenters. The van der Waals surface area contributed by atoms with Crippen molar-refractivity contribution in [3.05, 3.63) is 29.8 Å². The second kappa shape index (κ2) is 10.9. The zero-order valence-electron chi connectivity index (χ0n) is 18.1. The molecule has 0 saturated heterocycles. The van der Waals surface area contributed by atoms with Crippen LogP contribution in [0.2, 0.25) is 0 Å². The molecule has 0 spiro atoms. The summed E-state index contributed by atoms with van der Waals surface area (Å²) < 4.78 is 54.7. The van der Waals surface area contributed by atoms with Gasteiger partial charge in [-0.2, -0.15) is 17.6 Å². The molecule has 1 aromatic rings. The van der Waals surface area contributed by atoms with Gasteiger partial charge in [-0.15, -0.1) is 0 Å². The van der Waals surface area contributed by atoms with Crippen molar-refractivity contribution >= 4 is 0 Å². The lowest BCUT2D eigenvalue weighted by Crippen LogP contribution is -2.33. The second-order valence-electron chi connectivity index (χ2n) is 9.50. The summed E-state index contributed by atoms with van der Waals surface area (Å²) in [5.41, 5.74) is 1.09. The van der Waals surface area contributed by atoms with E-state index >= 15 is 0 Å². The first-order valence-corrected chi connectivity index (χ1v) is 11.8. The van der Waals surface area contributed by atoms with Gasteiger partial charge in [-0.1, -0.05) is 70.4 Å². The molecule has 1 nitrogen and oxygen atoms in total. The smallest absolute Gasteiger partial charge is 0.428 e. The van der Waals surface area contributed by atoms with Gasteiger partial charge in [0, 0.05) is 0 Å².